The van der Waals surface area contributed by atoms with Gasteiger partial charge in [-0.15, -0.1) is 0 Å². The zero-order valence-electron chi connectivity index (χ0n) is 11.6. The largest absolute Gasteiger partial charge is 0.478 e. The smallest absolute Gasteiger partial charge is 0.335 e. The number of aryl methyl sites for hydroxylation is 2. The van der Waals surface area contributed by atoms with Crippen LogP contribution in [-0.4, -0.2) is 31.7 Å². The van der Waals surface area contributed by atoms with Crippen LogP contribution in [0.5, 0.6) is 0 Å². The van der Waals surface area contributed by atoms with Crippen molar-refractivity contribution in [1.29, 1.82) is 0 Å². The lowest BCUT2D eigenvalue weighted by molar-refractivity contribution is 0.0696. The summed E-state index contributed by atoms with van der Waals surface area (Å²) in [6.07, 6.45) is 1.42. The molecule has 1 amide bonds. The highest BCUT2D eigenvalue weighted by molar-refractivity contribution is 5.98. The van der Waals surface area contributed by atoms with Crippen LogP contribution < -0.4 is 11.1 Å². The number of carbonyl (C=O) groups is 2. The lowest BCUT2D eigenvalue weighted by Crippen LogP contribution is -2.16. The molecule has 0 saturated heterocycles. The quantitative estimate of drug-likeness (QED) is 0.738. The Morgan fingerprint density at radius 3 is 2.81 bits per heavy atom. The monoisotopic (exact) mass is 289 g/mol. The molecule has 8 heteroatoms. The number of nitrogens with zero attached hydrogens (tertiary/aromatic N) is 3. The maximum absolute atomic E-state index is 11.4. The molecule has 0 aliphatic heterocycles. The van der Waals surface area contributed by atoms with Gasteiger partial charge in [0, 0.05) is 13.2 Å². The molecule has 0 unspecified atom stereocenters. The van der Waals surface area contributed by atoms with E-state index in [1.165, 1.54) is 23.0 Å². The fraction of sp³-hybridized carbons (Fsp3) is 0.231. The third-order valence-corrected chi connectivity index (χ3v) is 2.97. The number of carboxylic acid groups (broad SMARTS) is 1. The van der Waals surface area contributed by atoms with E-state index in [4.69, 9.17) is 10.8 Å². The molecule has 0 radical (unpaired) electrons. The highest BCUT2D eigenvalue weighted by Gasteiger charge is 2.17. The van der Waals surface area contributed by atoms with Gasteiger partial charge in [-0.25, -0.2) is 4.79 Å². The van der Waals surface area contributed by atoms with E-state index in [0.29, 0.717) is 22.8 Å². The maximum atomic E-state index is 11.4. The van der Waals surface area contributed by atoms with Crippen LogP contribution in [0.2, 0.25) is 0 Å². The third-order valence-electron chi connectivity index (χ3n) is 2.97. The van der Waals surface area contributed by atoms with E-state index in [2.05, 4.69) is 15.4 Å². The van der Waals surface area contributed by atoms with Crippen molar-refractivity contribution in [2.45, 2.75) is 13.5 Å². The van der Waals surface area contributed by atoms with Gasteiger partial charge in [-0.3, -0.25) is 14.5 Å². The number of carbonyl (C=O) groups excluding carboxylic acids is 1. The summed E-state index contributed by atoms with van der Waals surface area (Å²) in [7, 11) is 1.68. The molecule has 0 bridgehead atoms. The van der Waals surface area contributed by atoms with Gasteiger partial charge in [-0.05, 0) is 19.1 Å². The van der Waals surface area contributed by atoms with Crippen LogP contribution in [0.4, 0.5) is 5.82 Å². The molecule has 0 aliphatic rings. The van der Waals surface area contributed by atoms with E-state index < -0.39 is 11.9 Å². The number of rotatable bonds is 5. The Bertz CT molecular complexity index is 708. The second kappa shape index (κ2) is 5.61. The fourth-order valence-corrected chi connectivity index (χ4v) is 2.04. The molecule has 21 heavy (non-hydrogen) atoms. The van der Waals surface area contributed by atoms with Gasteiger partial charge >= 0.3 is 5.97 Å². The second-order valence-corrected chi connectivity index (χ2v) is 4.49. The first-order chi connectivity index (χ1) is 9.90. The summed E-state index contributed by atoms with van der Waals surface area (Å²) in [5.74, 6) is -1.12. The van der Waals surface area contributed by atoms with Gasteiger partial charge in [0.15, 0.2) is 0 Å². The number of hydrogen-bond acceptors (Lipinski definition) is 5. The Balaban J connectivity index is 2.23. The first kappa shape index (κ1) is 14.5. The Hall–Kier alpha value is -2.90. The highest BCUT2D eigenvalue weighted by Crippen LogP contribution is 2.18. The molecule has 2 aromatic heterocycles. The molecule has 0 aromatic carbocycles. The van der Waals surface area contributed by atoms with E-state index in [-0.39, 0.29) is 12.1 Å². The van der Waals surface area contributed by atoms with E-state index in [1.54, 1.807) is 14.0 Å². The average Bonchev–Trinajstić information content (AvgIpc) is 2.71. The number of primary amides is 1. The Labute approximate surface area is 120 Å². The van der Waals surface area contributed by atoms with Crippen molar-refractivity contribution in [3.63, 3.8) is 0 Å². The number of nitrogens with one attached hydrogen (secondary N) is 1. The van der Waals surface area contributed by atoms with E-state index in [1.807, 2.05) is 0 Å². The van der Waals surface area contributed by atoms with Crippen molar-refractivity contribution < 1.29 is 14.7 Å². The Morgan fingerprint density at radius 1 is 1.48 bits per heavy atom. The van der Waals surface area contributed by atoms with Crippen molar-refractivity contribution >= 4 is 17.7 Å². The van der Waals surface area contributed by atoms with Crippen LogP contribution >= 0.6 is 0 Å². The number of nitrogens with two attached hydrogens (primary N) is 1. The molecule has 0 saturated carbocycles. The lowest BCUT2D eigenvalue weighted by Gasteiger charge is -2.08. The van der Waals surface area contributed by atoms with Gasteiger partial charge in [-0.1, -0.05) is 0 Å². The molecule has 4 N–H and O–H groups in total. The van der Waals surface area contributed by atoms with Crippen LogP contribution in [0.25, 0.3) is 0 Å². The molecular formula is C13H15N5O3. The molecule has 0 spiro atoms. The van der Waals surface area contributed by atoms with Gasteiger partial charge < -0.3 is 16.2 Å². The average molecular weight is 289 g/mol. The van der Waals surface area contributed by atoms with Gasteiger partial charge in [0.05, 0.1) is 23.5 Å². The number of pyridine rings is 1. The van der Waals surface area contributed by atoms with Crippen LogP contribution in [0.1, 0.15) is 32.1 Å². The predicted octanol–water partition coefficient (Wildman–Crippen LogP) is 0.533. The van der Waals surface area contributed by atoms with Crippen molar-refractivity contribution in [3.8, 4) is 0 Å². The number of aromatic nitrogens is 3. The molecule has 0 fully saturated rings. The summed E-state index contributed by atoms with van der Waals surface area (Å²) >= 11 is 0. The summed E-state index contributed by atoms with van der Waals surface area (Å²) in [6, 6.07) is 2.87. The molecule has 2 aromatic rings. The van der Waals surface area contributed by atoms with Crippen molar-refractivity contribution in [2.75, 3.05) is 5.32 Å². The zero-order valence-corrected chi connectivity index (χ0v) is 11.6. The van der Waals surface area contributed by atoms with E-state index in [0.717, 1.165) is 0 Å². The van der Waals surface area contributed by atoms with Gasteiger partial charge in [0.2, 0.25) is 0 Å². The molecule has 8 nitrogen and oxygen atoms in total. The van der Waals surface area contributed by atoms with Gasteiger partial charge in [0.25, 0.3) is 5.91 Å². The normalized spacial score (nSPS) is 10.4. The number of hydrogen-bond donors (Lipinski definition) is 3. The minimum Gasteiger partial charge on any atom is -0.478 e. The second-order valence-electron chi connectivity index (χ2n) is 4.49. The van der Waals surface area contributed by atoms with E-state index >= 15 is 0 Å². The molecule has 0 atom stereocenters. The number of anilines is 1. The van der Waals surface area contributed by atoms with Crippen LogP contribution in [0, 0.1) is 6.92 Å². The molecule has 2 heterocycles. The molecule has 110 valence electrons. The predicted molar refractivity (Wildman–Crippen MR) is 75.0 cm³/mol. The minimum absolute atomic E-state index is 0.151. The standard InChI is InChI=1S/C13H15N5O3/c1-7-10(11(14)19)12(18(2)17-7)16-6-9-5-8(13(20)21)3-4-15-9/h3-5,16H,6H2,1-2H3,(H2,14,19)(H,20,21). The summed E-state index contributed by atoms with van der Waals surface area (Å²) in [4.78, 5) is 26.4. The Kier molecular flexibility index (Phi) is 3.88. The van der Waals surface area contributed by atoms with Gasteiger partial charge in [-0.2, -0.15) is 5.10 Å². The Morgan fingerprint density at radius 2 is 2.19 bits per heavy atom. The number of carboxylic acids is 1. The number of amides is 1. The molecular weight excluding hydrogens is 274 g/mol. The van der Waals surface area contributed by atoms with E-state index in [9.17, 15) is 9.59 Å². The summed E-state index contributed by atoms with van der Waals surface area (Å²) < 4.78 is 1.51. The summed E-state index contributed by atoms with van der Waals surface area (Å²) in [5.41, 5.74) is 6.86. The van der Waals surface area contributed by atoms with Gasteiger partial charge in [0.1, 0.15) is 11.4 Å². The molecule has 2 rings (SSSR count). The van der Waals surface area contributed by atoms with Crippen molar-refractivity contribution in [3.05, 3.63) is 40.8 Å². The highest BCUT2D eigenvalue weighted by atomic mass is 16.4. The zero-order chi connectivity index (χ0) is 15.6. The first-order valence-corrected chi connectivity index (χ1v) is 6.15. The van der Waals surface area contributed by atoms with Crippen LogP contribution in [-0.2, 0) is 13.6 Å². The minimum atomic E-state index is -1.02. The van der Waals surface area contributed by atoms with Crippen LogP contribution in [0.15, 0.2) is 18.3 Å². The third kappa shape index (κ3) is 2.99. The van der Waals surface area contributed by atoms with Crippen LogP contribution in [0.3, 0.4) is 0 Å². The first-order valence-electron chi connectivity index (χ1n) is 6.15. The summed E-state index contributed by atoms with van der Waals surface area (Å²) in [6.45, 7) is 1.94. The fourth-order valence-electron chi connectivity index (χ4n) is 2.04. The summed E-state index contributed by atoms with van der Waals surface area (Å²) in [5, 5.41) is 16.1. The maximum Gasteiger partial charge on any atom is 0.335 e. The SMILES string of the molecule is Cc1nn(C)c(NCc2cc(C(=O)O)ccn2)c1C(N)=O. The van der Waals surface area contributed by atoms with Crippen molar-refractivity contribution in [1.82, 2.24) is 14.8 Å². The lowest BCUT2D eigenvalue weighted by atomic mass is 10.2. The number of aromatic carboxylic acids is 1. The van der Waals surface area contributed by atoms with Crippen molar-refractivity contribution in [2.24, 2.45) is 12.8 Å². The topological polar surface area (TPSA) is 123 Å². The molecule has 0 aliphatic carbocycles.